The van der Waals surface area contributed by atoms with Crippen molar-refractivity contribution >= 4 is 39.0 Å². The van der Waals surface area contributed by atoms with Crippen molar-refractivity contribution in [1.82, 2.24) is 0 Å². The van der Waals surface area contributed by atoms with Crippen molar-refractivity contribution in [1.29, 1.82) is 0 Å². The van der Waals surface area contributed by atoms with Crippen LogP contribution in [0, 0.1) is 0 Å². The van der Waals surface area contributed by atoms with Crippen LogP contribution >= 0.6 is 0 Å². The van der Waals surface area contributed by atoms with Gasteiger partial charge in [0.25, 0.3) is 0 Å². The second kappa shape index (κ2) is 12.3. The van der Waals surface area contributed by atoms with Gasteiger partial charge in [-0.05, 0) is 86.5 Å². The minimum absolute atomic E-state index is 0.147. The van der Waals surface area contributed by atoms with E-state index in [1.54, 1.807) is 0 Å². The molecule has 0 fully saturated rings. The fraction of sp³-hybridized carbons (Fsp3) is 0.0588. The van der Waals surface area contributed by atoms with E-state index in [0.717, 1.165) is 50.1 Å². The Morgan fingerprint density at radius 1 is 0.396 bits per heavy atom. The first kappa shape index (κ1) is 31.1. The lowest BCUT2D eigenvalue weighted by molar-refractivity contribution is 0.660. The van der Waals surface area contributed by atoms with Gasteiger partial charge in [-0.15, -0.1) is 0 Å². The summed E-state index contributed by atoms with van der Waals surface area (Å²) >= 11 is 0. The maximum Gasteiger partial charge on any atom is 0.159 e. The molecule has 8 aromatic carbocycles. The van der Waals surface area contributed by atoms with Crippen molar-refractivity contribution in [3.63, 3.8) is 0 Å². The number of furan rings is 1. The fourth-order valence-electron chi connectivity index (χ4n) is 8.50. The molecule has 0 spiro atoms. The first-order valence-corrected chi connectivity index (χ1v) is 18.4. The van der Waals surface area contributed by atoms with Crippen molar-refractivity contribution in [3.8, 4) is 44.5 Å². The molecule has 0 bridgehead atoms. The summed E-state index contributed by atoms with van der Waals surface area (Å²) in [6, 6.07) is 67.8. The van der Waals surface area contributed by atoms with Gasteiger partial charge in [-0.1, -0.05) is 166 Å². The van der Waals surface area contributed by atoms with Crippen LogP contribution in [0.2, 0.25) is 0 Å². The summed E-state index contributed by atoms with van der Waals surface area (Å²) in [7, 11) is 0. The average Bonchev–Trinajstić information content (AvgIpc) is 3.71. The van der Waals surface area contributed by atoms with E-state index in [1.165, 1.54) is 44.5 Å². The summed E-state index contributed by atoms with van der Waals surface area (Å²) in [6.45, 7) is 4.69. The second-order valence-electron chi connectivity index (χ2n) is 14.5. The molecule has 252 valence electrons. The Kier molecular flexibility index (Phi) is 7.19. The Bertz CT molecular complexity index is 2810. The third kappa shape index (κ3) is 5.02. The summed E-state index contributed by atoms with van der Waals surface area (Å²) in [4.78, 5) is 2.42. The topological polar surface area (TPSA) is 16.4 Å². The van der Waals surface area contributed by atoms with Crippen LogP contribution in [0.5, 0.6) is 0 Å². The molecule has 0 N–H and O–H groups in total. The van der Waals surface area contributed by atoms with E-state index in [4.69, 9.17) is 4.42 Å². The van der Waals surface area contributed by atoms with E-state index in [0.29, 0.717) is 0 Å². The van der Waals surface area contributed by atoms with E-state index in [-0.39, 0.29) is 5.41 Å². The molecule has 0 unspecified atom stereocenters. The molecular formula is C51H37NO. The first-order chi connectivity index (χ1) is 26.1. The van der Waals surface area contributed by atoms with Gasteiger partial charge in [-0.25, -0.2) is 0 Å². The summed E-state index contributed by atoms with van der Waals surface area (Å²) in [5.41, 5.74) is 17.2. The summed E-state index contributed by atoms with van der Waals surface area (Å²) < 4.78 is 6.75. The SMILES string of the molecule is CC1(C)c2ccccc2-c2ccc(N(c3ccc(-c4ccccc4-c4ccccc4)cc3-c3ccccc3)c3cccc4c3oc3ccccc34)cc21. The van der Waals surface area contributed by atoms with Crippen LogP contribution < -0.4 is 4.90 Å². The lowest BCUT2D eigenvalue weighted by atomic mass is 9.82. The van der Waals surface area contributed by atoms with E-state index in [9.17, 15) is 0 Å². The number of rotatable bonds is 6. The number of fused-ring (bicyclic) bond motifs is 6. The Labute approximate surface area is 310 Å². The van der Waals surface area contributed by atoms with Crippen LogP contribution in [0.3, 0.4) is 0 Å². The molecule has 1 aliphatic rings. The summed E-state index contributed by atoms with van der Waals surface area (Å²) in [5.74, 6) is 0. The zero-order valence-electron chi connectivity index (χ0n) is 29.8. The highest BCUT2D eigenvalue weighted by atomic mass is 16.3. The van der Waals surface area contributed by atoms with Crippen molar-refractivity contribution < 1.29 is 4.42 Å². The van der Waals surface area contributed by atoms with E-state index >= 15 is 0 Å². The van der Waals surface area contributed by atoms with Gasteiger partial charge < -0.3 is 9.32 Å². The highest BCUT2D eigenvalue weighted by molar-refractivity contribution is 6.11. The molecule has 0 aliphatic heterocycles. The van der Waals surface area contributed by atoms with Gasteiger partial charge >= 0.3 is 0 Å². The van der Waals surface area contributed by atoms with Crippen LogP contribution in [0.25, 0.3) is 66.4 Å². The lowest BCUT2D eigenvalue weighted by Gasteiger charge is -2.30. The number of hydrogen-bond acceptors (Lipinski definition) is 2. The number of hydrogen-bond donors (Lipinski definition) is 0. The van der Waals surface area contributed by atoms with Crippen LogP contribution in [-0.4, -0.2) is 0 Å². The van der Waals surface area contributed by atoms with E-state index in [1.807, 2.05) is 6.07 Å². The minimum atomic E-state index is -0.147. The monoisotopic (exact) mass is 679 g/mol. The predicted molar refractivity (Wildman–Crippen MR) is 222 cm³/mol. The maximum atomic E-state index is 6.75. The normalized spacial score (nSPS) is 12.9. The van der Waals surface area contributed by atoms with Gasteiger partial charge in [-0.2, -0.15) is 0 Å². The van der Waals surface area contributed by atoms with E-state index in [2.05, 4.69) is 201 Å². The van der Waals surface area contributed by atoms with Gasteiger partial charge in [0.05, 0.1) is 11.4 Å². The molecule has 2 heteroatoms. The van der Waals surface area contributed by atoms with Gasteiger partial charge in [0.2, 0.25) is 0 Å². The quantitative estimate of drug-likeness (QED) is 0.174. The van der Waals surface area contributed by atoms with E-state index < -0.39 is 0 Å². The molecule has 0 radical (unpaired) electrons. The van der Waals surface area contributed by atoms with Crippen LogP contribution in [0.4, 0.5) is 17.1 Å². The largest absolute Gasteiger partial charge is 0.454 e. The molecule has 10 rings (SSSR count). The Hall–Kier alpha value is -6.64. The molecule has 9 aromatic rings. The minimum Gasteiger partial charge on any atom is -0.454 e. The van der Waals surface area contributed by atoms with Gasteiger partial charge in [0, 0.05) is 27.4 Å². The molecule has 0 saturated heterocycles. The van der Waals surface area contributed by atoms with Crippen molar-refractivity contribution in [2.24, 2.45) is 0 Å². The fourth-order valence-corrected chi connectivity index (χ4v) is 8.50. The third-order valence-electron chi connectivity index (χ3n) is 11.1. The smallest absolute Gasteiger partial charge is 0.159 e. The molecule has 0 amide bonds. The van der Waals surface area contributed by atoms with Crippen LogP contribution in [-0.2, 0) is 5.41 Å². The average molecular weight is 680 g/mol. The lowest BCUT2D eigenvalue weighted by Crippen LogP contribution is -2.17. The standard InChI is InChI=1S/C51H37NO/c1-51(2)45-25-13-11-22-40(45)41-30-29-37(33-46(41)51)52(48-26-15-24-43-42-23-12-14-27-49(42)53-50(43)48)47-31-28-36(32-44(47)35-18-7-4-8-19-35)39-21-10-9-20-38(39)34-16-5-3-6-17-34/h3-33H,1-2H3. The molecule has 1 heterocycles. The van der Waals surface area contributed by atoms with Gasteiger partial charge in [-0.3, -0.25) is 0 Å². The second-order valence-corrected chi connectivity index (χ2v) is 14.5. The molecule has 1 aromatic heterocycles. The number of para-hydroxylation sites is 2. The van der Waals surface area contributed by atoms with Crippen LogP contribution in [0.15, 0.2) is 192 Å². The maximum absolute atomic E-state index is 6.75. The molecular weight excluding hydrogens is 643 g/mol. The number of nitrogens with zero attached hydrogens (tertiary/aromatic N) is 1. The molecule has 1 aliphatic carbocycles. The molecule has 0 saturated carbocycles. The predicted octanol–water partition coefficient (Wildman–Crippen LogP) is 14.4. The Balaban J connectivity index is 1.25. The zero-order chi connectivity index (χ0) is 35.5. The van der Waals surface area contributed by atoms with Crippen LogP contribution in [0.1, 0.15) is 25.0 Å². The highest BCUT2D eigenvalue weighted by Gasteiger charge is 2.36. The zero-order valence-corrected chi connectivity index (χ0v) is 29.8. The molecule has 2 nitrogen and oxygen atoms in total. The van der Waals surface area contributed by atoms with Crippen molar-refractivity contribution in [2.45, 2.75) is 19.3 Å². The molecule has 53 heavy (non-hydrogen) atoms. The summed E-state index contributed by atoms with van der Waals surface area (Å²) in [6.07, 6.45) is 0. The van der Waals surface area contributed by atoms with Crippen molar-refractivity contribution in [3.05, 3.63) is 199 Å². The number of anilines is 3. The van der Waals surface area contributed by atoms with Crippen molar-refractivity contribution in [2.75, 3.05) is 4.90 Å². The Morgan fingerprint density at radius 2 is 1.00 bits per heavy atom. The molecule has 0 atom stereocenters. The van der Waals surface area contributed by atoms with Gasteiger partial charge in [0.15, 0.2) is 5.58 Å². The number of benzene rings is 8. The highest BCUT2D eigenvalue weighted by Crippen LogP contribution is 2.52. The third-order valence-corrected chi connectivity index (χ3v) is 11.1. The Morgan fingerprint density at radius 3 is 1.77 bits per heavy atom. The van der Waals surface area contributed by atoms with Gasteiger partial charge in [0.1, 0.15) is 5.58 Å². The first-order valence-electron chi connectivity index (χ1n) is 18.4. The summed E-state index contributed by atoms with van der Waals surface area (Å²) in [5, 5.41) is 2.22.